The van der Waals surface area contributed by atoms with Gasteiger partial charge in [0.2, 0.25) is 0 Å². The zero-order valence-electron chi connectivity index (χ0n) is 9.48. The van der Waals surface area contributed by atoms with E-state index in [4.69, 9.17) is 5.73 Å². The summed E-state index contributed by atoms with van der Waals surface area (Å²) in [6.45, 7) is 0.584. The average Bonchev–Trinajstić information content (AvgIpc) is 2.30. The Morgan fingerprint density at radius 2 is 1.94 bits per heavy atom. The Bertz CT molecular complexity index is 330. The van der Waals surface area contributed by atoms with Gasteiger partial charge in [-0.1, -0.05) is 24.3 Å². The van der Waals surface area contributed by atoms with Gasteiger partial charge in [-0.2, -0.15) is 11.8 Å². The van der Waals surface area contributed by atoms with Crippen molar-refractivity contribution in [1.29, 1.82) is 0 Å². The first-order chi connectivity index (χ1) is 7.72. The van der Waals surface area contributed by atoms with Crippen molar-refractivity contribution < 1.29 is 5.11 Å². The molecule has 2 rings (SSSR count). The molecule has 16 heavy (non-hydrogen) atoms. The van der Waals surface area contributed by atoms with Crippen molar-refractivity contribution in [2.45, 2.75) is 31.4 Å². The lowest BCUT2D eigenvalue weighted by Crippen LogP contribution is -2.37. The molecule has 1 aliphatic rings. The number of hydrogen-bond acceptors (Lipinski definition) is 3. The number of benzene rings is 1. The molecule has 1 fully saturated rings. The van der Waals surface area contributed by atoms with Crippen LogP contribution in [-0.2, 0) is 13.0 Å². The highest BCUT2D eigenvalue weighted by Gasteiger charge is 2.29. The standard InChI is InChI=1S/C13H19NOS/c14-9-12-4-2-11(3-5-12)8-13(15)6-1-7-16-10-13/h2-5,15H,1,6-10,14H2. The van der Waals surface area contributed by atoms with Gasteiger partial charge in [-0.3, -0.25) is 0 Å². The van der Waals surface area contributed by atoms with E-state index in [2.05, 4.69) is 24.3 Å². The molecular weight excluding hydrogens is 218 g/mol. The number of nitrogens with two attached hydrogens (primary N) is 1. The second-order valence-corrected chi connectivity index (χ2v) is 5.68. The highest BCUT2D eigenvalue weighted by Crippen LogP contribution is 2.29. The summed E-state index contributed by atoms with van der Waals surface area (Å²) >= 11 is 1.86. The molecule has 3 N–H and O–H groups in total. The molecule has 0 amide bonds. The van der Waals surface area contributed by atoms with E-state index in [1.54, 1.807) is 0 Å². The minimum Gasteiger partial charge on any atom is -0.389 e. The third kappa shape index (κ3) is 3.00. The van der Waals surface area contributed by atoms with Gasteiger partial charge in [-0.15, -0.1) is 0 Å². The zero-order valence-corrected chi connectivity index (χ0v) is 10.3. The maximum atomic E-state index is 10.4. The normalized spacial score (nSPS) is 25.6. The Labute approximate surface area is 101 Å². The van der Waals surface area contributed by atoms with Crippen molar-refractivity contribution in [3.8, 4) is 0 Å². The summed E-state index contributed by atoms with van der Waals surface area (Å²) in [5.41, 5.74) is 7.42. The molecule has 2 nitrogen and oxygen atoms in total. The van der Waals surface area contributed by atoms with Crippen LogP contribution in [0, 0.1) is 0 Å². The summed E-state index contributed by atoms with van der Waals surface area (Å²) in [5, 5.41) is 10.4. The molecule has 0 bridgehead atoms. The molecule has 1 atom stereocenters. The summed E-state index contributed by atoms with van der Waals surface area (Å²) in [7, 11) is 0. The quantitative estimate of drug-likeness (QED) is 0.844. The molecule has 1 aromatic carbocycles. The molecule has 0 spiro atoms. The molecule has 0 aromatic heterocycles. The SMILES string of the molecule is NCc1ccc(CC2(O)CCCSC2)cc1. The smallest absolute Gasteiger partial charge is 0.0778 e. The third-order valence-corrected chi connectivity index (χ3v) is 4.41. The van der Waals surface area contributed by atoms with E-state index >= 15 is 0 Å². The van der Waals surface area contributed by atoms with E-state index in [0.29, 0.717) is 6.54 Å². The van der Waals surface area contributed by atoms with Crippen LogP contribution in [0.5, 0.6) is 0 Å². The van der Waals surface area contributed by atoms with Gasteiger partial charge in [0.05, 0.1) is 5.60 Å². The van der Waals surface area contributed by atoms with Crippen molar-refractivity contribution in [1.82, 2.24) is 0 Å². The molecule has 1 aliphatic heterocycles. The maximum absolute atomic E-state index is 10.4. The largest absolute Gasteiger partial charge is 0.389 e. The van der Waals surface area contributed by atoms with E-state index < -0.39 is 5.60 Å². The highest BCUT2D eigenvalue weighted by molar-refractivity contribution is 7.99. The molecule has 3 heteroatoms. The van der Waals surface area contributed by atoms with Gasteiger partial charge in [-0.05, 0) is 29.7 Å². The van der Waals surface area contributed by atoms with Crippen LogP contribution in [0.25, 0.3) is 0 Å². The van der Waals surface area contributed by atoms with Crippen LogP contribution in [0.15, 0.2) is 24.3 Å². The van der Waals surface area contributed by atoms with Crippen LogP contribution in [0.4, 0.5) is 0 Å². The Morgan fingerprint density at radius 3 is 2.50 bits per heavy atom. The van der Waals surface area contributed by atoms with E-state index in [-0.39, 0.29) is 0 Å². The number of rotatable bonds is 3. The van der Waals surface area contributed by atoms with Gasteiger partial charge in [-0.25, -0.2) is 0 Å². The van der Waals surface area contributed by atoms with Gasteiger partial charge < -0.3 is 10.8 Å². The van der Waals surface area contributed by atoms with Gasteiger partial charge in [0.25, 0.3) is 0 Å². The van der Waals surface area contributed by atoms with Crippen LogP contribution in [-0.4, -0.2) is 22.2 Å². The van der Waals surface area contributed by atoms with Crippen LogP contribution in [0.1, 0.15) is 24.0 Å². The molecule has 88 valence electrons. The summed E-state index contributed by atoms with van der Waals surface area (Å²) in [6, 6.07) is 8.27. The molecule has 1 unspecified atom stereocenters. The van der Waals surface area contributed by atoms with Gasteiger partial charge in [0.1, 0.15) is 0 Å². The van der Waals surface area contributed by atoms with Gasteiger partial charge in [0, 0.05) is 18.7 Å². The molecule has 0 radical (unpaired) electrons. The maximum Gasteiger partial charge on any atom is 0.0778 e. The fourth-order valence-corrected chi connectivity index (χ4v) is 3.27. The first-order valence-corrected chi connectivity index (χ1v) is 6.95. The number of aliphatic hydroxyl groups is 1. The number of thioether (sulfide) groups is 1. The lowest BCUT2D eigenvalue weighted by Gasteiger charge is -2.31. The summed E-state index contributed by atoms with van der Waals surface area (Å²) in [6.07, 6.45) is 2.82. The predicted molar refractivity (Wildman–Crippen MR) is 69.5 cm³/mol. The van der Waals surface area contributed by atoms with Gasteiger partial charge >= 0.3 is 0 Å². The van der Waals surface area contributed by atoms with Gasteiger partial charge in [0.15, 0.2) is 0 Å². The second kappa shape index (κ2) is 5.21. The number of hydrogen-bond donors (Lipinski definition) is 2. The molecule has 1 heterocycles. The highest BCUT2D eigenvalue weighted by atomic mass is 32.2. The Balaban J connectivity index is 2.01. The minimum atomic E-state index is -0.493. The molecule has 1 saturated heterocycles. The first kappa shape index (κ1) is 12.0. The minimum absolute atomic E-state index is 0.493. The molecular formula is C13H19NOS. The summed E-state index contributed by atoms with van der Waals surface area (Å²) in [5.74, 6) is 2.06. The van der Waals surface area contributed by atoms with Crippen LogP contribution in [0.3, 0.4) is 0 Å². The monoisotopic (exact) mass is 237 g/mol. The molecule has 0 saturated carbocycles. The lowest BCUT2D eigenvalue weighted by atomic mass is 9.91. The molecule has 0 aliphatic carbocycles. The summed E-state index contributed by atoms with van der Waals surface area (Å²) < 4.78 is 0. The van der Waals surface area contributed by atoms with E-state index in [9.17, 15) is 5.11 Å². The predicted octanol–water partition coefficient (Wildman–Crippen LogP) is 1.95. The van der Waals surface area contributed by atoms with Crippen molar-refractivity contribution in [2.24, 2.45) is 5.73 Å². The third-order valence-electron chi connectivity index (χ3n) is 3.09. The van der Waals surface area contributed by atoms with Crippen molar-refractivity contribution in [2.75, 3.05) is 11.5 Å². The topological polar surface area (TPSA) is 46.2 Å². The van der Waals surface area contributed by atoms with Crippen LogP contribution in [0.2, 0.25) is 0 Å². The van der Waals surface area contributed by atoms with Crippen LogP contribution < -0.4 is 5.73 Å². The van der Waals surface area contributed by atoms with E-state index in [1.165, 1.54) is 11.3 Å². The fourth-order valence-electron chi connectivity index (χ4n) is 2.15. The van der Waals surface area contributed by atoms with Crippen molar-refractivity contribution in [3.05, 3.63) is 35.4 Å². The second-order valence-electron chi connectivity index (χ2n) is 4.58. The van der Waals surface area contributed by atoms with Crippen LogP contribution >= 0.6 is 11.8 Å². The Morgan fingerprint density at radius 1 is 1.25 bits per heavy atom. The fraction of sp³-hybridized carbons (Fsp3) is 0.538. The van der Waals surface area contributed by atoms with E-state index in [1.807, 2.05) is 11.8 Å². The van der Waals surface area contributed by atoms with E-state index in [0.717, 1.165) is 30.6 Å². The lowest BCUT2D eigenvalue weighted by molar-refractivity contribution is 0.0530. The zero-order chi connectivity index (χ0) is 11.4. The summed E-state index contributed by atoms with van der Waals surface area (Å²) in [4.78, 5) is 0. The van der Waals surface area contributed by atoms with Crippen molar-refractivity contribution >= 4 is 11.8 Å². The Hall–Kier alpha value is -0.510. The first-order valence-electron chi connectivity index (χ1n) is 5.80. The Kier molecular flexibility index (Phi) is 3.90. The van der Waals surface area contributed by atoms with Crippen molar-refractivity contribution in [3.63, 3.8) is 0 Å². The average molecular weight is 237 g/mol. The molecule has 1 aromatic rings.